The van der Waals surface area contributed by atoms with Crippen LogP contribution in [0.4, 0.5) is 4.39 Å². The molecule has 0 bridgehead atoms. The molecule has 144 valence electrons. The van der Waals surface area contributed by atoms with Crippen LogP contribution >= 0.6 is 11.8 Å². The van der Waals surface area contributed by atoms with Gasteiger partial charge < -0.3 is 4.74 Å². The molecule has 0 saturated heterocycles. The van der Waals surface area contributed by atoms with Gasteiger partial charge >= 0.3 is 0 Å². The highest BCUT2D eigenvalue weighted by atomic mass is 32.2. The van der Waals surface area contributed by atoms with E-state index in [4.69, 9.17) is 4.74 Å². The van der Waals surface area contributed by atoms with Gasteiger partial charge in [0, 0.05) is 6.20 Å². The minimum Gasteiger partial charge on any atom is -0.494 e. The Morgan fingerprint density at radius 3 is 2.81 bits per heavy atom. The predicted octanol–water partition coefficient (Wildman–Crippen LogP) is 2.65. The normalized spacial score (nSPS) is 13.0. The second kappa shape index (κ2) is 8.24. The van der Waals surface area contributed by atoms with Gasteiger partial charge in [-0.05, 0) is 48.8 Å². The molecule has 0 spiro atoms. The summed E-state index contributed by atoms with van der Waals surface area (Å²) in [5.41, 5.74) is 0.622. The lowest BCUT2D eigenvalue weighted by molar-refractivity contribution is 0.385. The summed E-state index contributed by atoms with van der Waals surface area (Å²) in [6.07, 6.45) is 4.22. The number of pyridine rings is 1. The van der Waals surface area contributed by atoms with Gasteiger partial charge in [-0.15, -0.1) is 10.2 Å². The Bertz CT molecular complexity index is 1040. The minimum atomic E-state index is -3.97. The number of hydrogen-bond acceptors (Lipinski definition) is 6. The van der Waals surface area contributed by atoms with Crippen LogP contribution in [0.1, 0.15) is 18.3 Å². The van der Waals surface area contributed by atoms with Crippen LogP contribution in [0.5, 0.6) is 5.75 Å². The van der Waals surface area contributed by atoms with Crippen molar-refractivity contribution in [1.29, 1.82) is 0 Å². The minimum absolute atomic E-state index is 0.0173. The van der Waals surface area contributed by atoms with E-state index in [2.05, 4.69) is 14.9 Å². The molecule has 0 unspecified atom stereocenters. The van der Waals surface area contributed by atoms with Crippen LogP contribution in [0, 0.1) is 5.82 Å². The van der Waals surface area contributed by atoms with Crippen molar-refractivity contribution in [2.24, 2.45) is 0 Å². The molecule has 2 aromatic heterocycles. The molecule has 7 nitrogen and oxygen atoms in total. The number of aromatic nitrogens is 3. The Morgan fingerprint density at radius 1 is 1.30 bits per heavy atom. The molecule has 10 heteroatoms. The molecule has 1 aromatic carbocycles. The third-order valence-electron chi connectivity index (χ3n) is 3.99. The second-order valence-corrected chi connectivity index (χ2v) is 8.44. The molecular weight excluding hydrogens is 391 g/mol. The molecule has 0 saturated carbocycles. The van der Waals surface area contributed by atoms with Gasteiger partial charge in [-0.3, -0.25) is 4.40 Å². The Kier molecular flexibility index (Phi) is 5.98. The van der Waals surface area contributed by atoms with Crippen molar-refractivity contribution in [1.82, 2.24) is 19.3 Å². The number of benzene rings is 1. The maximum absolute atomic E-state index is 14.0. The van der Waals surface area contributed by atoms with Crippen molar-refractivity contribution >= 4 is 27.4 Å². The van der Waals surface area contributed by atoms with Crippen molar-refractivity contribution in [2.75, 3.05) is 19.1 Å². The summed E-state index contributed by atoms with van der Waals surface area (Å²) < 4.78 is 48.8. The first kappa shape index (κ1) is 19.6. The molecule has 1 atom stereocenters. The largest absolute Gasteiger partial charge is 0.494 e. The SMILES string of the molecule is COc1ccc(S(=O)(=O)N[C@H](CCSC)c2nnc3ccccn23)cc1F. The Hall–Kier alpha value is -2.17. The van der Waals surface area contributed by atoms with Crippen molar-refractivity contribution in [3.63, 3.8) is 0 Å². The Morgan fingerprint density at radius 2 is 2.11 bits per heavy atom. The molecule has 3 aromatic rings. The molecular formula is C17H19FN4O3S2. The summed E-state index contributed by atoms with van der Waals surface area (Å²) >= 11 is 1.59. The van der Waals surface area contributed by atoms with Crippen molar-refractivity contribution in [2.45, 2.75) is 17.4 Å². The molecule has 0 aliphatic carbocycles. The number of sulfonamides is 1. The lowest BCUT2D eigenvalue weighted by Crippen LogP contribution is -2.30. The van der Waals surface area contributed by atoms with E-state index in [1.54, 1.807) is 28.4 Å². The van der Waals surface area contributed by atoms with Gasteiger partial charge in [0.05, 0.1) is 18.0 Å². The fourth-order valence-corrected chi connectivity index (χ4v) is 4.35. The van der Waals surface area contributed by atoms with Gasteiger partial charge in [0.25, 0.3) is 0 Å². The average Bonchev–Trinajstić information content (AvgIpc) is 3.09. The molecule has 3 rings (SSSR count). The quantitative estimate of drug-likeness (QED) is 0.615. The first-order valence-electron chi connectivity index (χ1n) is 8.10. The van der Waals surface area contributed by atoms with Crippen LogP contribution in [-0.4, -0.2) is 42.1 Å². The van der Waals surface area contributed by atoms with Gasteiger partial charge in [-0.1, -0.05) is 6.07 Å². The van der Waals surface area contributed by atoms with Crippen LogP contribution in [0.25, 0.3) is 5.65 Å². The van der Waals surface area contributed by atoms with Crippen LogP contribution in [0.15, 0.2) is 47.5 Å². The Labute approximate surface area is 161 Å². The predicted molar refractivity (Wildman–Crippen MR) is 102 cm³/mol. The second-order valence-electron chi connectivity index (χ2n) is 5.74. The third-order valence-corrected chi connectivity index (χ3v) is 6.11. The summed E-state index contributed by atoms with van der Waals surface area (Å²) in [6.45, 7) is 0. The van der Waals surface area contributed by atoms with E-state index in [0.29, 0.717) is 23.6 Å². The summed E-state index contributed by atoms with van der Waals surface area (Å²) in [6, 6.07) is 8.35. The van der Waals surface area contributed by atoms with E-state index in [9.17, 15) is 12.8 Å². The van der Waals surface area contributed by atoms with Crippen molar-refractivity contribution in [3.8, 4) is 5.75 Å². The smallest absolute Gasteiger partial charge is 0.241 e. The van der Waals surface area contributed by atoms with Gasteiger partial charge in [0.1, 0.15) is 0 Å². The number of ether oxygens (including phenoxy) is 1. The summed E-state index contributed by atoms with van der Waals surface area (Å²) in [5, 5.41) is 8.24. The summed E-state index contributed by atoms with van der Waals surface area (Å²) in [7, 11) is -2.65. The zero-order valence-corrected chi connectivity index (χ0v) is 16.4. The first-order valence-corrected chi connectivity index (χ1v) is 11.0. The van der Waals surface area contributed by atoms with Crippen LogP contribution < -0.4 is 9.46 Å². The zero-order valence-electron chi connectivity index (χ0n) is 14.8. The molecule has 2 heterocycles. The topological polar surface area (TPSA) is 85.6 Å². The van der Waals surface area contributed by atoms with Crippen molar-refractivity contribution < 1.29 is 17.5 Å². The lowest BCUT2D eigenvalue weighted by Gasteiger charge is -2.17. The van der Waals surface area contributed by atoms with E-state index in [-0.39, 0.29) is 10.6 Å². The average molecular weight is 410 g/mol. The Balaban J connectivity index is 1.95. The van der Waals surface area contributed by atoms with Crippen LogP contribution in [0.2, 0.25) is 0 Å². The third kappa shape index (κ3) is 4.23. The van der Waals surface area contributed by atoms with Crippen LogP contribution in [0.3, 0.4) is 0 Å². The highest BCUT2D eigenvalue weighted by Gasteiger charge is 2.25. The molecule has 0 aliphatic rings. The fraction of sp³-hybridized carbons (Fsp3) is 0.294. The molecule has 0 fully saturated rings. The first-order chi connectivity index (χ1) is 13.0. The number of hydrogen-bond donors (Lipinski definition) is 1. The van der Waals surface area contributed by atoms with Crippen molar-refractivity contribution in [3.05, 3.63) is 54.2 Å². The van der Waals surface area contributed by atoms with E-state index >= 15 is 0 Å². The van der Waals surface area contributed by atoms with E-state index in [0.717, 1.165) is 6.07 Å². The fourth-order valence-electron chi connectivity index (χ4n) is 2.64. The molecule has 0 aliphatic heterocycles. The maximum Gasteiger partial charge on any atom is 0.241 e. The molecule has 0 radical (unpaired) electrons. The number of fused-ring (bicyclic) bond motifs is 1. The number of nitrogens with zero attached hydrogens (tertiary/aromatic N) is 3. The van der Waals surface area contributed by atoms with Gasteiger partial charge in [-0.2, -0.15) is 11.8 Å². The number of methoxy groups -OCH3 is 1. The highest BCUT2D eigenvalue weighted by Crippen LogP contribution is 2.24. The van der Waals surface area contributed by atoms with Crippen LogP contribution in [-0.2, 0) is 10.0 Å². The molecule has 0 amide bonds. The summed E-state index contributed by atoms with van der Waals surface area (Å²) in [4.78, 5) is -0.177. The van der Waals surface area contributed by atoms with Gasteiger partial charge in [0.2, 0.25) is 10.0 Å². The highest BCUT2D eigenvalue weighted by molar-refractivity contribution is 7.98. The monoisotopic (exact) mass is 410 g/mol. The van der Waals surface area contributed by atoms with E-state index in [1.807, 2.05) is 18.4 Å². The summed E-state index contributed by atoms with van der Waals surface area (Å²) in [5.74, 6) is 0.439. The zero-order chi connectivity index (χ0) is 19.4. The number of halogens is 1. The standard InChI is InChI=1S/C17H19FN4O3S2/c1-25-15-7-6-12(11-13(15)18)27(23,24)21-14(8-10-26-2)17-20-19-16-5-3-4-9-22(16)17/h3-7,9,11,14,21H,8,10H2,1-2H3/t14-/m1/s1. The lowest BCUT2D eigenvalue weighted by atomic mass is 10.2. The van der Waals surface area contributed by atoms with E-state index in [1.165, 1.54) is 19.2 Å². The molecule has 1 N–H and O–H groups in total. The molecule has 27 heavy (non-hydrogen) atoms. The van der Waals surface area contributed by atoms with Gasteiger partial charge in [-0.25, -0.2) is 17.5 Å². The number of nitrogens with one attached hydrogen (secondary N) is 1. The maximum atomic E-state index is 14.0. The number of thioether (sulfide) groups is 1. The van der Waals surface area contributed by atoms with E-state index < -0.39 is 21.9 Å². The number of rotatable bonds is 8. The van der Waals surface area contributed by atoms with Gasteiger partial charge in [0.15, 0.2) is 23.0 Å².